The van der Waals surface area contributed by atoms with E-state index in [4.69, 9.17) is 4.74 Å². The zero-order valence-electron chi connectivity index (χ0n) is 10.9. The normalized spacial score (nSPS) is 14.5. The van der Waals surface area contributed by atoms with Gasteiger partial charge in [0.15, 0.2) is 0 Å². The van der Waals surface area contributed by atoms with Gasteiger partial charge in [-0.15, -0.1) is 0 Å². The van der Waals surface area contributed by atoms with Crippen molar-refractivity contribution >= 4 is 0 Å². The molecule has 0 atom stereocenters. The van der Waals surface area contributed by atoms with Gasteiger partial charge in [-0.2, -0.15) is 5.10 Å². The van der Waals surface area contributed by atoms with E-state index in [1.807, 2.05) is 0 Å². The second kappa shape index (κ2) is 6.66. The summed E-state index contributed by atoms with van der Waals surface area (Å²) in [6.45, 7) is 5.69. The molecule has 0 saturated heterocycles. The van der Waals surface area contributed by atoms with Crippen LogP contribution in [0.3, 0.4) is 0 Å². The van der Waals surface area contributed by atoms with Gasteiger partial charge >= 0.3 is 0 Å². The minimum atomic E-state index is -0.0310. The zero-order chi connectivity index (χ0) is 12.8. The standard InChI is InChI=1S/C13H21N3O2/c1-2-3-7-18-8-6-16-13(17)9-11-10-14-5-4-12(11)15-16/h9,14H,2-8,10H2,1H3. The molecule has 0 spiro atoms. The number of aromatic nitrogens is 2. The van der Waals surface area contributed by atoms with Crippen molar-refractivity contribution < 1.29 is 4.74 Å². The molecular formula is C13H21N3O2. The molecule has 0 aliphatic carbocycles. The van der Waals surface area contributed by atoms with Crippen molar-refractivity contribution in [3.05, 3.63) is 27.7 Å². The highest BCUT2D eigenvalue weighted by Crippen LogP contribution is 2.07. The van der Waals surface area contributed by atoms with Gasteiger partial charge in [0, 0.05) is 32.2 Å². The number of hydrogen-bond donors (Lipinski definition) is 1. The van der Waals surface area contributed by atoms with Crippen molar-refractivity contribution in [2.45, 2.75) is 39.3 Å². The number of rotatable bonds is 6. The summed E-state index contributed by atoms with van der Waals surface area (Å²) in [7, 11) is 0. The first-order chi connectivity index (χ1) is 8.81. The molecule has 1 aromatic heterocycles. The topological polar surface area (TPSA) is 56.2 Å². The van der Waals surface area contributed by atoms with Gasteiger partial charge in [-0.1, -0.05) is 13.3 Å². The van der Waals surface area contributed by atoms with Crippen molar-refractivity contribution in [1.82, 2.24) is 15.1 Å². The highest BCUT2D eigenvalue weighted by atomic mass is 16.5. The van der Waals surface area contributed by atoms with Crippen LogP contribution in [0.4, 0.5) is 0 Å². The minimum absolute atomic E-state index is 0.0310. The van der Waals surface area contributed by atoms with Crippen LogP contribution >= 0.6 is 0 Å². The molecule has 5 nitrogen and oxygen atoms in total. The molecule has 5 heteroatoms. The molecule has 1 aromatic rings. The molecule has 2 heterocycles. The number of fused-ring (bicyclic) bond motifs is 1. The van der Waals surface area contributed by atoms with Gasteiger partial charge in [0.1, 0.15) is 0 Å². The fourth-order valence-electron chi connectivity index (χ4n) is 2.02. The van der Waals surface area contributed by atoms with E-state index in [9.17, 15) is 4.79 Å². The van der Waals surface area contributed by atoms with Crippen LogP contribution in [0.5, 0.6) is 0 Å². The largest absolute Gasteiger partial charge is 0.380 e. The molecule has 2 rings (SSSR count). The van der Waals surface area contributed by atoms with Crippen molar-refractivity contribution in [2.75, 3.05) is 19.8 Å². The molecule has 100 valence electrons. The molecule has 1 N–H and O–H groups in total. The van der Waals surface area contributed by atoms with Gasteiger partial charge < -0.3 is 10.1 Å². The highest BCUT2D eigenvalue weighted by molar-refractivity contribution is 5.20. The van der Waals surface area contributed by atoms with Crippen LogP contribution in [0.15, 0.2) is 10.9 Å². The predicted octanol–water partition coefficient (Wildman–Crippen LogP) is 0.706. The van der Waals surface area contributed by atoms with Gasteiger partial charge in [0.25, 0.3) is 5.56 Å². The predicted molar refractivity (Wildman–Crippen MR) is 69.6 cm³/mol. The summed E-state index contributed by atoms with van der Waals surface area (Å²) in [6.07, 6.45) is 3.09. The lowest BCUT2D eigenvalue weighted by Crippen LogP contribution is -2.32. The molecular weight excluding hydrogens is 230 g/mol. The maximum absolute atomic E-state index is 11.8. The van der Waals surface area contributed by atoms with Crippen molar-refractivity contribution in [3.8, 4) is 0 Å². The van der Waals surface area contributed by atoms with Gasteiger partial charge in [0.05, 0.1) is 18.8 Å². The molecule has 18 heavy (non-hydrogen) atoms. The highest BCUT2D eigenvalue weighted by Gasteiger charge is 2.12. The maximum atomic E-state index is 11.8. The van der Waals surface area contributed by atoms with Crippen LogP contribution in [-0.2, 0) is 24.2 Å². The Balaban J connectivity index is 1.94. The van der Waals surface area contributed by atoms with Crippen LogP contribution < -0.4 is 10.9 Å². The average molecular weight is 251 g/mol. The van der Waals surface area contributed by atoms with Gasteiger partial charge in [-0.05, 0) is 12.0 Å². The van der Waals surface area contributed by atoms with Crippen molar-refractivity contribution in [2.24, 2.45) is 0 Å². The molecule has 0 fully saturated rings. The molecule has 1 aliphatic rings. The van der Waals surface area contributed by atoms with E-state index in [-0.39, 0.29) is 5.56 Å². The SMILES string of the molecule is CCCCOCCn1nc2c(cc1=O)CNCC2. The number of hydrogen-bond acceptors (Lipinski definition) is 4. The Bertz CT molecular complexity index is 442. The molecule has 0 amide bonds. The number of nitrogens with zero attached hydrogens (tertiary/aromatic N) is 2. The quantitative estimate of drug-likeness (QED) is 0.756. The van der Waals surface area contributed by atoms with Gasteiger partial charge in [-0.3, -0.25) is 4.79 Å². The van der Waals surface area contributed by atoms with E-state index in [2.05, 4.69) is 17.3 Å². The first-order valence-corrected chi connectivity index (χ1v) is 6.69. The molecule has 0 aromatic carbocycles. The first-order valence-electron chi connectivity index (χ1n) is 6.69. The van der Waals surface area contributed by atoms with Crippen molar-refractivity contribution in [1.29, 1.82) is 0 Å². The van der Waals surface area contributed by atoms with Crippen molar-refractivity contribution in [3.63, 3.8) is 0 Å². The molecule has 1 aliphatic heterocycles. The third-order valence-corrected chi connectivity index (χ3v) is 3.11. The van der Waals surface area contributed by atoms with E-state index in [1.165, 1.54) is 4.68 Å². The van der Waals surface area contributed by atoms with Gasteiger partial charge in [0.2, 0.25) is 0 Å². The number of unbranched alkanes of at least 4 members (excludes halogenated alkanes) is 1. The van der Waals surface area contributed by atoms with E-state index < -0.39 is 0 Å². The Morgan fingerprint density at radius 2 is 2.39 bits per heavy atom. The Labute approximate surface area is 107 Å². The number of ether oxygens (including phenoxy) is 1. The average Bonchev–Trinajstić information content (AvgIpc) is 2.39. The minimum Gasteiger partial charge on any atom is -0.380 e. The van der Waals surface area contributed by atoms with E-state index in [0.717, 1.165) is 50.2 Å². The zero-order valence-corrected chi connectivity index (χ0v) is 10.9. The van der Waals surface area contributed by atoms with Crippen LogP contribution in [0.1, 0.15) is 31.0 Å². The molecule has 0 radical (unpaired) electrons. The maximum Gasteiger partial charge on any atom is 0.267 e. The summed E-state index contributed by atoms with van der Waals surface area (Å²) >= 11 is 0. The Hall–Kier alpha value is -1.20. The summed E-state index contributed by atoms with van der Waals surface area (Å²) in [6, 6.07) is 1.69. The fraction of sp³-hybridized carbons (Fsp3) is 0.692. The fourth-order valence-corrected chi connectivity index (χ4v) is 2.02. The first kappa shape index (κ1) is 13.2. The Morgan fingerprint density at radius 1 is 1.50 bits per heavy atom. The van der Waals surface area contributed by atoms with E-state index >= 15 is 0 Å². The Morgan fingerprint density at radius 3 is 3.22 bits per heavy atom. The summed E-state index contributed by atoms with van der Waals surface area (Å²) in [5.41, 5.74) is 2.05. The van der Waals surface area contributed by atoms with E-state index in [1.54, 1.807) is 6.07 Å². The third kappa shape index (κ3) is 3.40. The lowest BCUT2D eigenvalue weighted by Gasteiger charge is -2.17. The summed E-state index contributed by atoms with van der Waals surface area (Å²) < 4.78 is 6.99. The van der Waals surface area contributed by atoms with Crippen LogP contribution in [0, 0.1) is 0 Å². The summed E-state index contributed by atoms with van der Waals surface area (Å²) in [5.74, 6) is 0. The van der Waals surface area contributed by atoms with Crippen LogP contribution in [0.25, 0.3) is 0 Å². The van der Waals surface area contributed by atoms with E-state index in [0.29, 0.717) is 13.2 Å². The summed E-state index contributed by atoms with van der Waals surface area (Å²) in [5, 5.41) is 7.66. The molecule has 0 saturated carbocycles. The van der Waals surface area contributed by atoms with Crippen LogP contribution in [0.2, 0.25) is 0 Å². The molecule has 0 unspecified atom stereocenters. The second-order valence-electron chi connectivity index (χ2n) is 4.57. The summed E-state index contributed by atoms with van der Waals surface area (Å²) in [4.78, 5) is 11.8. The van der Waals surface area contributed by atoms with Gasteiger partial charge in [-0.25, -0.2) is 4.68 Å². The monoisotopic (exact) mass is 251 g/mol. The number of nitrogens with one attached hydrogen (secondary N) is 1. The Kier molecular flexibility index (Phi) is 4.90. The lowest BCUT2D eigenvalue weighted by atomic mass is 10.1. The smallest absolute Gasteiger partial charge is 0.267 e. The second-order valence-corrected chi connectivity index (χ2v) is 4.57. The van der Waals surface area contributed by atoms with Crippen LogP contribution in [-0.4, -0.2) is 29.5 Å². The third-order valence-electron chi connectivity index (χ3n) is 3.11. The lowest BCUT2D eigenvalue weighted by molar-refractivity contribution is 0.120. The molecule has 0 bridgehead atoms.